The van der Waals surface area contributed by atoms with Crippen LogP contribution in [0.1, 0.15) is 18.1 Å². The van der Waals surface area contributed by atoms with Crippen LogP contribution in [0.5, 0.6) is 5.75 Å². The van der Waals surface area contributed by atoms with E-state index in [1.54, 1.807) is 0 Å². The zero-order chi connectivity index (χ0) is 18.7. The first-order valence-corrected chi connectivity index (χ1v) is 8.34. The first kappa shape index (κ1) is 18.1. The Morgan fingerprint density at radius 2 is 1.92 bits per heavy atom. The summed E-state index contributed by atoms with van der Waals surface area (Å²) in [6.45, 7) is 3.68. The fourth-order valence-electron chi connectivity index (χ4n) is 2.94. The van der Waals surface area contributed by atoms with Crippen LogP contribution in [0.3, 0.4) is 0 Å². The number of nitrogens with zero attached hydrogens (tertiary/aromatic N) is 1. The lowest BCUT2D eigenvalue weighted by Gasteiger charge is -2.17. The summed E-state index contributed by atoms with van der Waals surface area (Å²) in [6, 6.07) is 10.0. The zero-order valence-corrected chi connectivity index (χ0v) is 14.3. The third-order valence-corrected chi connectivity index (χ3v) is 4.29. The summed E-state index contributed by atoms with van der Waals surface area (Å²) >= 11 is 0. The number of likely N-dealkylation sites (N-methyl/N-ethyl adjacent to an activating group) is 1. The number of hydrogen-bond acceptors (Lipinski definition) is 3. The monoisotopic (exact) mass is 364 g/mol. The SMILES string of the molecule is CCN1CCc2ccc(NC(=O)COc3ccc(C(F)(F)F)cc3)cc21. The molecule has 3 rings (SSSR count). The number of ether oxygens (including phenoxy) is 1. The molecule has 138 valence electrons. The Morgan fingerprint density at radius 3 is 2.58 bits per heavy atom. The molecule has 0 unspecified atom stereocenters. The number of fused-ring (bicyclic) bond motifs is 1. The lowest BCUT2D eigenvalue weighted by molar-refractivity contribution is -0.137. The summed E-state index contributed by atoms with van der Waals surface area (Å²) in [7, 11) is 0. The number of benzene rings is 2. The van der Waals surface area contributed by atoms with Crippen molar-refractivity contribution in [2.45, 2.75) is 19.5 Å². The van der Waals surface area contributed by atoms with E-state index >= 15 is 0 Å². The molecule has 0 atom stereocenters. The number of nitrogens with one attached hydrogen (secondary N) is 1. The summed E-state index contributed by atoms with van der Waals surface area (Å²) in [4.78, 5) is 14.3. The van der Waals surface area contributed by atoms with E-state index in [2.05, 4.69) is 17.1 Å². The van der Waals surface area contributed by atoms with Crippen molar-refractivity contribution in [3.05, 3.63) is 53.6 Å². The van der Waals surface area contributed by atoms with Gasteiger partial charge in [-0.3, -0.25) is 4.79 Å². The smallest absolute Gasteiger partial charge is 0.416 e. The minimum Gasteiger partial charge on any atom is -0.484 e. The van der Waals surface area contributed by atoms with Crippen LogP contribution in [-0.4, -0.2) is 25.6 Å². The van der Waals surface area contributed by atoms with Crippen LogP contribution >= 0.6 is 0 Å². The molecule has 0 radical (unpaired) electrons. The largest absolute Gasteiger partial charge is 0.484 e. The van der Waals surface area contributed by atoms with E-state index in [0.29, 0.717) is 5.69 Å². The third kappa shape index (κ3) is 4.09. The quantitative estimate of drug-likeness (QED) is 0.868. The maximum absolute atomic E-state index is 12.5. The van der Waals surface area contributed by atoms with E-state index in [-0.39, 0.29) is 18.3 Å². The Kier molecular flexibility index (Phi) is 5.06. The standard InChI is InChI=1S/C19H19F3N2O2/c1-2-24-10-9-13-3-6-15(11-17(13)24)23-18(25)12-26-16-7-4-14(5-8-16)19(20,21)22/h3-8,11H,2,9-10,12H2,1H3,(H,23,25). The molecule has 0 aliphatic carbocycles. The van der Waals surface area contributed by atoms with E-state index in [9.17, 15) is 18.0 Å². The van der Waals surface area contributed by atoms with Crippen LogP contribution in [0.15, 0.2) is 42.5 Å². The van der Waals surface area contributed by atoms with Crippen LogP contribution in [0.4, 0.5) is 24.5 Å². The molecule has 0 saturated carbocycles. The Balaban J connectivity index is 1.56. The van der Waals surface area contributed by atoms with Gasteiger partial charge >= 0.3 is 6.18 Å². The summed E-state index contributed by atoms with van der Waals surface area (Å²) in [5.41, 5.74) is 2.29. The predicted octanol–water partition coefficient (Wildman–Crippen LogP) is 4.11. The van der Waals surface area contributed by atoms with Gasteiger partial charge in [0, 0.05) is 24.5 Å². The Hall–Kier alpha value is -2.70. The topological polar surface area (TPSA) is 41.6 Å². The second-order valence-electron chi connectivity index (χ2n) is 6.03. The summed E-state index contributed by atoms with van der Waals surface area (Å²) in [5, 5.41) is 2.75. The highest BCUT2D eigenvalue weighted by atomic mass is 19.4. The van der Waals surface area contributed by atoms with E-state index in [1.807, 2.05) is 18.2 Å². The second-order valence-corrected chi connectivity index (χ2v) is 6.03. The van der Waals surface area contributed by atoms with Gasteiger partial charge in [-0.2, -0.15) is 13.2 Å². The zero-order valence-electron chi connectivity index (χ0n) is 14.3. The molecule has 1 N–H and O–H groups in total. The van der Waals surface area contributed by atoms with E-state index in [0.717, 1.165) is 37.3 Å². The molecule has 1 aliphatic rings. The maximum atomic E-state index is 12.5. The third-order valence-electron chi connectivity index (χ3n) is 4.29. The minimum atomic E-state index is -4.39. The lowest BCUT2D eigenvalue weighted by atomic mass is 10.1. The van der Waals surface area contributed by atoms with Gasteiger partial charge in [0.1, 0.15) is 5.75 Å². The summed E-state index contributed by atoms with van der Waals surface area (Å²) in [5.74, 6) is -0.162. The number of alkyl halides is 3. The summed E-state index contributed by atoms with van der Waals surface area (Å²) in [6.07, 6.45) is -3.40. The number of hydrogen-bond donors (Lipinski definition) is 1. The van der Waals surface area contributed by atoms with Gasteiger partial charge in [0.15, 0.2) is 6.61 Å². The van der Waals surface area contributed by atoms with Gasteiger partial charge in [-0.15, -0.1) is 0 Å². The highest BCUT2D eigenvalue weighted by Crippen LogP contribution is 2.31. The van der Waals surface area contributed by atoms with Crippen molar-refractivity contribution in [1.29, 1.82) is 0 Å². The fraction of sp³-hybridized carbons (Fsp3) is 0.316. The van der Waals surface area contributed by atoms with Gasteiger partial charge in [0.05, 0.1) is 5.56 Å². The average Bonchev–Trinajstić information content (AvgIpc) is 3.02. The minimum absolute atomic E-state index is 0.208. The van der Waals surface area contributed by atoms with E-state index < -0.39 is 11.7 Å². The van der Waals surface area contributed by atoms with Gasteiger partial charge < -0.3 is 15.0 Å². The highest BCUT2D eigenvalue weighted by Gasteiger charge is 2.30. The maximum Gasteiger partial charge on any atom is 0.416 e. The molecule has 1 aliphatic heterocycles. The van der Waals surface area contributed by atoms with Crippen LogP contribution in [0.25, 0.3) is 0 Å². The highest BCUT2D eigenvalue weighted by molar-refractivity contribution is 5.92. The molecule has 0 saturated heterocycles. The van der Waals surface area contributed by atoms with Gasteiger partial charge in [-0.25, -0.2) is 0 Å². The van der Waals surface area contributed by atoms with Gasteiger partial charge in [-0.05, 0) is 55.3 Å². The normalized spacial score (nSPS) is 13.5. The van der Waals surface area contributed by atoms with Crippen molar-refractivity contribution >= 4 is 17.3 Å². The molecule has 0 fully saturated rings. The van der Waals surface area contributed by atoms with Crippen molar-refractivity contribution in [2.75, 3.05) is 29.9 Å². The molecular weight excluding hydrogens is 345 g/mol. The Labute approximate surface area is 149 Å². The Bertz CT molecular complexity index is 788. The number of carbonyl (C=O) groups is 1. The molecule has 0 aromatic heterocycles. The van der Waals surface area contributed by atoms with Crippen molar-refractivity contribution in [1.82, 2.24) is 0 Å². The van der Waals surface area contributed by atoms with Gasteiger partial charge in [-0.1, -0.05) is 6.07 Å². The number of anilines is 2. The number of amides is 1. The first-order chi connectivity index (χ1) is 12.4. The van der Waals surface area contributed by atoms with Crippen molar-refractivity contribution in [3.8, 4) is 5.75 Å². The summed E-state index contributed by atoms with van der Waals surface area (Å²) < 4.78 is 42.8. The number of rotatable bonds is 5. The molecule has 7 heteroatoms. The van der Waals surface area contributed by atoms with Crippen LogP contribution < -0.4 is 15.0 Å². The number of halogens is 3. The van der Waals surface area contributed by atoms with Crippen molar-refractivity contribution in [3.63, 3.8) is 0 Å². The lowest BCUT2D eigenvalue weighted by Crippen LogP contribution is -2.21. The van der Waals surface area contributed by atoms with Crippen LogP contribution in [-0.2, 0) is 17.4 Å². The average molecular weight is 364 g/mol. The predicted molar refractivity (Wildman–Crippen MR) is 93.6 cm³/mol. The fourth-order valence-corrected chi connectivity index (χ4v) is 2.94. The van der Waals surface area contributed by atoms with Crippen LogP contribution in [0, 0.1) is 0 Å². The van der Waals surface area contributed by atoms with Crippen molar-refractivity contribution in [2.24, 2.45) is 0 Å². The van der Waals surface area contributed by atoms with Gasteiger partial charge in [0.2, 0.25) is 0 Å². The molecular formula is C19H19F3N2O2. The first-order valence-electron chi connectivity index (χ1n) is 8.34. The molecule has 26 heavy (non-hydrogen) atoms. The van der Waals surface area contributed by atoms with E-state index in [4.69, 9.17) is 4.74 Å². The van der Waals surface area contributed by atoms with Gasteiger partial charge in [0.25, 0.3) is 5.91 Å². The molecule has 0 bridgehead atoms. The Morgan fingerprint density at radius 1 is 1.19 bits per heavy atom. The van der Waals surface area contributed by atoms with Crippen molar-refractivity contribution < 1.29 is 22.7 Å². The number of carbonyl (C=O) groups excluding carboxylic acids is 1. The second kappa shape index (κ2) is 7.27. The molecule has 2 aromatic carbocycles. The molecule has 4 nitrogen and oxygen atoms in total. The van der Waals surface area contributed by atoms with Crippen LogP contribution in [0.2, 0.25) is 0 Å². The van der Waals surface area contributed by atoms with E-state index in [1.165, 1.54) is 17.7 Å². The molecule has 1 amide bonds. The molecule has 2 aromatic rings. The molecule has 1 heterocycles. The molecule has 0 spiro atoms.